The van der Waals surface area contributed by atoms with E-state index in [4.69, 9.17) is 0 Å². The number of aliphatic carboxylic acids is 2. The Labute approximate surface area is 160 Å². The lowest BCUT2D eigenvalue weighted by Crippen LogP contribution is -2.58. The summed E-state index contributed by atoms with van der Waals surface area (Å²) in [6.07, 6.45) is 11.9. The summed E-state index contributed by atoms with van der Waals surface area (Å²) in [6, 6.07) is 0. The molecule has 2 unspecified atom stereocenters. The molecule has 8 saturated carbocycles. The summed E-state index contributed by atoms with van der Waals surface area (Å²) in [5, 5.41) is 28.8. The van der Waals surface area contributed by atoms with Crippen LogP contribution in [0.4, 0.5) is 0 Å². The lowest BCUT2D eigenvalue weighted by molar-refractivity contribution is -0.191. The van der Waals surface area contributed by atoms with Gasteiger partial charge in [-0.25, -0.2) is 0 Å². The number of aliphatic hydroxyl groups is 1. The molecule has 3 N–H and O–H groups in total. The Hall–Kier alpha value is -1.10. The third kappa shape index (κ3) is 2.83. The summed E-state index contributed by atoms with van der Waals surface area (Å²) in [6.45, 7) is 0. The summed E-state index contributed by atoms with van der Waals surface area (Å²) in [7, 11) is 0. The van der Waals surface area contributed by atoms with Crippen molar-refractivity contribution < 1.29 is 24.9 Å². The highest BCUT2D eigenvalue weighted by atomic mass is 16.4. The van der Waals surface area contributed by atoms with Crippen molar-refractivity contribution in [2.75, 3.05) is 0 Å². The van der Waals surface area contributed by atoms with Gasteiger partial charge in [-0.1, -0.05) is 0 Å². The van der Waals surface area contributed by atoms with E-state index in [9.17, 15) is 24.9 Å². The van der Waals surface area contributed by atoms with Gasteiger partial charge in [0.05, 0.1) is 16.4 Å². The van der Waals surface area contributed by atoms with Crippen molar-refractivity contribution in [1.29, 1.82) is 0 Å². The van der Waals surface area contributed by atoms with Gasteiger partial charge in [-0.3, -0.25) is 9.59 Å². The van der Waals surface area contributed by atoms with Crippen molar-refractivity contribution in [2.45, 2.75) is 82.7 Å². The van der Waals surface area contributed by atoms with Crippen molar-refractivity contribution in [3.63, 3.8) is 0 Å². The molecule has 0 saturated heterocycles. The van der Waals surface area contributed by atoms with E-state index in [1.165, 1.54) is 19.3 Å². The van der Waals surface area contributed by atoms with E-state index < -0.39 is 23.0 Å². The van der Waals surface area contributed by atoms with Gasteiger partial charge in [0, 0.05) is 0 Å². The lowest BCUT2D eigenvalue weighted by Gasteiger charge is -2.58. The van der Waals surface area contributed by atoms with Crippen molar-refractivity contribution >= 4 is 11.9 Å². The summed E-state index contributed by atoms with van der Waals surface area (Å²) in [4.78, 5) is 22.5. The lowest BCUT2D eigenvalue weighted by atomic mass is 9.48. The predicted octanol–water partition coefficient (Wildman–Crippen LogP) is 3.69. The molecule has 0 amide bonds. The van der Waals surface area contributed by atoms with Crippen LogP contribution in [0.25, 0.3) is 0 Å². The topological polar surface area (TPSA) is 94.8 Å². The number of rotatable bonds is 2. The number of carboxylic acid groups (broad SMARTS) is 2. The van der Waals surface area contributed by atoms with Crippen LogP contribution < -0.4 is 0 Å². The first-order valence-electron chi connectivity index (χ1n) is 10.9. The molecular formula is C22H32O5. The van der Waals surface area contributed by atoms with Crippen molar-refractivity contribution in [2.24, 2.45) is 40.4 Å². The van der Waals surface area contributed by atoms with Gasteiger partial charge in [0.15, 0.2) is 0 Å². The van der Waals surface area contributed by atoms with Crippen LogP contribution in [-0.4, -0.2) is 32.9 Å². The summed E-state index contributed by atoms with van der Waals surface area (Å²) < 4.78 is 0. The van der Waals surface area contributed by atoms with Crippen LogP contribution >= 0.6 is 0 Å². The van der Waals surface area contributed by atoms with Gasteiger partial charge in [-0.2, -0.15) is 0 Å². The van der Waals surface area contributed by atoms with Crippen molar-refractivity contribution in [1.82, 2.24) is 0 Å². The van der Waals surface area contributed by atoms with Gasteiger partial charge in [0.25, 0.3) is 0 Å². The van der Waals surface area contributed by atoms with Gasteiger partial charge in [-0.15, -0.1) is 0 Å². The fraction of sp³-hybridized carbons (Fsp3) is 0.909. The van der Waals surface area contributed by atoms with Crippen LogP contribution in [0.15, 0.2) is 0 Å². The second-order valence-electron chi connectivity index (χ2n) is 11.3. The molecule has 0 heterocycles. The number of hydrogen-bond acceptors (Lipinski definition) is 3. The van der Waals surface area contributed by atoms with Gasteiger partial charge in [0.2, 0.25) is 0 Å². The van der Waals surface area contributed by atoms with E-state index in [0.29, 0.717) is 18.3 Å². The second-order valence-corrected chi connectivity index (χ2v) is 11.3. The maximum Gasteiger partial charge on any atom is 0.309 e. The monoisotopic (exact) mass is 376 g/mol. The Kier molecular flexibility index (Phi) is 3.80. The molecule has 0 radical (unpaired) electrons. The molecule has 8 aliphatic carbocycles. The van der Waals surface area contributed by atoms with Crippen LogP contribution in [0.5, 0.6) is 0 Å². The maximum atomic E-state index is 11.3. The molecule has 5 nitrogen and oxygen atoms in total. The number of hydrogen-bond donors (Lipinski definition) is 3. The average Bonchev–Trinajstić information content (AvgIpc) is 2.51. The van der Waals surface area contributed by atoms with Crippen LogP contribution in [0.2, 0.25) is 0 Å². The third-order valence-electron chi connectivity index (χ3n) is 8.98. The first-order valence-corrected chi connectivity index (χ1v) is 10.9. The molecular weight excluding hydrogens is 344 g/mol. The first-order chi connectivity index (χ1) is 12.7. The van der Waals surface area contributed by atoms with E-state index in [0.717, 1.165) is 69.1 Å². The molecule has 0 spiro atoms. The molecule has 8 fully saturated rings. The highest BCUT2D eigenvalue weighted by molar-refractivity contribution is 5.76. The summed E-state index contributed by atoms with van der Waals surface area (Å²) in [5.74, 6) is 2.01. The molecule has 0 aromatic rings. The predicted molar refractivity (Wildman–Crippen MR) is 97.9 cm³/mol. The second kappa shape index (κ2) is 5.71. The zero-order valence-electron chi connectivity index (χ0n) is 16.0. The quantitative estimate of drug-likeness (QED) is 0.683. The molecule has 0 aliphatic heterocycles. The van der Waals surface area contributed by atoms with Crippen LogP contribution in [0, 0.1) is 40.4 Å². The van der Waals surface area contributed by atoms with E-state index >= 15 is 0 Å². The van der Waals surface area contributed by atoms with E-state index in [-0.39, 0.29) is 5.41 Å². The number of carbonyl (C=O) groups is 2. The Morgan fingerprint density at radius 3 is 1.33 bits per heavy atom. The van der Waals surface area contributed by atoms with Gasteiger partial charge < -0.3 is 15.3 Å². The molecule has 150 valence electrons. The van der Waals surface area contributed by atoms with Gasteiger partial charge >= 0.3 is 11.9 Å². The highest BCUT2D eigenvalue weighted by Crippen LogP contribution is 2.62. The molecule has 27 heavy (non-hydrogen) atoms. The fourth-order valence-electron chi connectivity index (χ4n) is 8.84. The molecule has 0 aromatic carbocycles. The first kappa shape index (κ1) is 18.0. The minimum absolute atomic E-state index is 0.283. The molecule has 8 rings (SSSR count). The van der Waals surface area contributed by atoms with Crippen LogP contribution in [0.3, 0.4) is 0 Å². The standard InChI is InChI=1S/C11H16O3.C11H16O2/c12-9(13)10-2-7-1-8(3-10)5-11(14,4-7)6-10;12-10(13)11-4-7-1-8(5-11)3-9(2-7)6-11/h7-8,14H,1-6H2,(H,12,13);7-9H,1-6H2,(H,12,13). The Morgan fingerprint density at radius 1 is 0.593 bits per heavy atom. The van der Waals surface area contributed by atoms with Crippen molar-refractivity contribution in [3.05, 3.63) is 0 Å². The Bertz CT molecular complexity index is 618. The Morgan fingerprint density at radius 2 is 0.963 bits per heavy atom. The largest absolute Gasteiger partial charge is 0.481 e. The molecule has 8 bridgehead atoms. The zero-order chi connectivity index (χ0) is 19.0. The third-order valence-corrected chi connectivity index (χ3v) is 8.98. The van der Waals surface area contributed by atoms with E-state index in [1.807, 2.05) is 0 Å². The van der Waals surface area contributed by atoms with E-state index in [2.05, 4.69) is 0 Å². The van der Waals surface area contributed by atoms with Gasteiger partial charge in [-0.05, 0) is 107 Å². The molecule has 0 aromatic heterocycles. The maximum absolute atomic E-state index is 11.3. The average molecular weight is 376 g/mol. The molecule has 2 atom stereocenters. The normalized spacial score (nSPS) is 53.7. The summed E-state index contributed by atoms with van der Waals surface area (Å²) >= 11 is 0. The summed E-state index contributed by atoms with van der Waals surface area (Å²) in [5.41, 5.74) is -1.49. The molecule has 5 heteroatoms. The van der Waals surface area contributed by atoms with Gasteiger partial charge in [0.1, 0.15) is 0 Å². The van der Waals surface area contributed by atoms with Crippen LogP contribution in [0.1, 0.15) is 77.0 Å². The van der Waals surface area contributed by atoms with Crippen molar-refractivity contribution in [3.8, 4) is 0 Å². The highest BCUT2D eigenvalue weighted by Gasteiger charge is 2.60. The fourth-order valence-corrected chi connectivity index (χ4v) is 8.84. The van der Waals surface area contributed by atoms with Crippen LogP contribution in [-0.2, 0) is 9.59 Å². The SMILES string of the molecule is O=C(O)C12CC3CC(CC(C3)C1)C2.O=C(O)C12CC3CC(CC(O)(C3)C1)C2. The smallest absolute Gasteiger partial charge is 0.309 e. The number of carboxylic acids is 2. The zero-order valence-corrected chi connectivity index (χ0v) is 16.0. The van der Waals surface area contributed by atoms with E-state index in [1.54, 1.807) is 0 Å². The Balaban J connectivity index is 0.000000119. The minimum atomic E-state index is -0.676. The minimum Gasteiger partial charge on any atom is -0.481 e. The molecule has 8 aliphatic rings.